The van der Waals surface area contributed by atoms with E-state index in [0.717, 1.165) is 5.56 Å². The highest BCUT2D eigenvalue weighted by Crippen LogP contribution is 2.14. The van der Waals surface area contributed by atoms with Gasteiger partial charge in [0.15, 0.2) is 5.94 Å². The zero-order valence-corrected chi connectivity index (χ0v) is 13.3. The first-order valence-electron chi connectivity index (χ1n) is 6.62. The topological polar surface area (TPSA) is 75.6 Å². The molecule has 0 aliphatic heterocycles. The summed E-state index contributed by atoms with van der Waals surface area (Å²) in [6.45, 7) is 5.32. The molecular weight excluding hydrogens is 290 g/mol. The molecule has 5 nitrogen and oxygen atoms in total. The number of hydrogen-bond donors (Lipinski definition) is 2. The van der Waals surface area contributed by atoms with Crippen molar-refractivity contribution in [2.24, 2.45) is 5.41 Å². The predicted octanol–water partition coefficient (Wildman–Crippen LogP) is 2.47. The van der Waals surface area contributed by atoms with Crippen LogP contribution in [0, 0.1) is 5.41 Å². The number of rotatable bonds is 6. The molecule has 116 valence electrons. The van der Waals surface area contributed by atoms with Gasteiger partial charge >= 0.3 is 5.97 Å². The van der Waals surface area contributed by atoms with E-state index in [2.05, 4.69) is 5.32 Å². The third-order valence-electron chi connectivity index (χ3n) is 2.81. The average Bonchev–Trinajstić information content (AvgIpc) is 2.44. The van der Waals surface area contributed by atoms with Crippen molar-refractivity contribution in [3.63, 3.8) is 0 Å². The fraction of sp³-hybridized carbons (Fsp3) is 0.467. The zero-order chi connectivity index (χ0) is 15.9. The van der Waals surface area contributed by atoms with E-state index >= 15 is 0 Å². The summed E-state index contributed by atoms with van der Waals surface area (Å²) >= 11 is 0.422. The van der Waals surface area contributed by atoms with E-state index in [1.54, 1.807) is 20.8 Å². The molecule has 0 radical (unpaired) electrons. The summed E-state index contributed by atoms with van der Waals surface area (Å²) in [7, 11) is 0. The summed E-state index contributed by atoms with van der Waals surface area (Å²) in [5.74, 6) is -0.940. The fourth-order valence-corrected chi connectivity index (χ4v) is 1.77. The first-order chi connectivity index (χ1) is 9.84. The standard InChI is InChI=1S/C15H21NO4S/c1-15(2,3)14(18)16-12(13(17)20-10-21-19)9-11-7-5-4-6-8-11/h4-8,12,19H,9-10H2,1-3H3,(H,16,18)/t12-/m0/s1. The van der Waals surface area contributed by atoms with E-state index in [1.165, 1.54) is 0 Å². The van der Waals surface area contributed by atoms with E-state index in [9.17, 15) is 9.59 Å². The van der Waals surface area contributed by atoms with Gasteiger partial charge in [0.25, 0.3) is 0 Å². The molecule has 0 bridgehead atoms. The van der Waals surface area contributed by atoms with Gasteiger partial charge in [-0.1, -0.05) is 51.1 Å². The minimum atomic E-state index is -0.772. The van der Waals surface area contributed by atoms with Gasteiger partial charge in [-0.3, -0.25) is 4.79 Å². The number of carbonyl (C=O) groups is 2. The number of carbonyl (C=O) groups excluding carboxylic acids is 2. The Balaban J connectivity index is 2.79. The van der Waals surface area contributed by atoms with Crippen LogP contribution in [-0.4, -0.2) is 28.4 Å². The molecule has 1 rings (SSSR count). The molecule has 1 aromatic rings. The summed E-state index contributed by atoms with van der Waals surface area (Å²) in [5.41, 5.74) is 0.325. The lowest BCUT2D eigenvalue weighted by Gasteiger charge is -2.23. The molecule has 0 fully saturated rings. The van der Waals surface area contributed by atoms with Crippen LogP contribution in [0.25, 0.3) is 0 Å². The first kappa shape index (κ1) is 17.5. The lowest BCUT2D eigenvalue weighted by Crippen LogP contribution is -2.47. The van der Waals surface area contributed by atoms with Gasteiger partial charge in [0, 0.05) is 23.9 Å². The number of hydrogen-bond acceptors (Lipinski definition) is 5. The Labute approximate surface area is 129 Å². The molecule has 0 aliphatic rings. The van der Waals surface area contributed by atoms with Crippen molar-refractivity contribution in [1.82, 2.24) is 5.32 Å². The molecule has 1 amide bonds. The molecule has 21 heavy (non-hydrogen) atoms. The van der Waals surface area contributed by atoms with Crippen molar-refractivity contribution >= 4 is 23.9 Å². The Kier molecular flexibility index (Phi) is 6.71. The average molecular weight is 311 g/mol. The summed E-state index contributed by atoms with van der Waals surface area (Å²) in [4.78, 5) is 24.1. The molecule has 2 N–H and O–H groups in total. The van der Waals surface area contributed by atoms with E-state index < -0.39 is 17.4 Å². The molecule has 1 aromatic carbocycles. The van der Waals surface area contributed by atoms with E-state index in [0.29, 0.717) is 18.5 Å². The van der Waals surface area contributed by atoms with Crippen LogP contribution in [0.5, 0.6) is 0 Å². The van der Waals surface area contributed by atoms with Crippen LogP contribution in [0.2, 0.25) is 0 Å². The van der Waals surface area contributed by atoms with Gasteiger partial charge < -0.3 is 14.6 Å². The smallest absolute Gasteiger partial charge is 0.329 e. The Hall–Kier alpha value is -1.53. The minimum absolute atomic E-state index is 0.157. The van der Waals surface area contributed by atoms with Crippen LogP contribution >= 0.6 is 12.0 Å². The Morgan fingerprint density at radius 2 is 1.90 bits per heavy atom. The zero-order valence-electron chi connectivity index (χ0n) is 12.5. The second-order valence-corrected chi connectivity index (χ2v) is 6.17. The molecule has 1 atom stereocenters. The molecule has 0 saturated carbocycles. The van der Waals surface area contributed by atoms with Crippen LogP contribution in [0.3, 0.4) is 0 Å². The minimum Gasteiger partial charge on any atom is -0.451 e. The first-order valence-corrected chi connectivity index (χ1v) is 7.56. The van der Waals surface area contributed by atoms with Crippen LogP contribution in [0.4, 0.5) is 0 Å². The van der Waals surface area contributed by atoms with Crippen LogP contribution in [-0.2, 0) is 20.7 Å². The lowest BCUT2D eigenvalue weighted by atomic mass is 9.94. The molecule has 0 saturated heterocycles. The molecule has 0 aliphatic carbocycles. The predicted molar refractivity (Wildman–Crippen MR) is 82.7 cm³/mol. The maximum Gasteiger partial charge on any atom is 0.329 e. The van der Waals surface area contributed by atoms with Crippen LogP contribution in [0.15, 0.2) is 30.3 Å². The van der Waals surface area contributed by atoms with Crippen molar-refractivity contribution in [1.29, 1.82) is 0 Å². The highest BCUT2D eigenvalue weighted by Gasteiger charge is 2.28. The maximum absolute atomic E-state index is 12.1. The fourth-order valence-electron chi connectivity index (χ4n) is 1.60. The number of amides is 1. The SMILES string of the molecule is CC(C)(C)C(=O)N[C@@H](Cc1ccccc1)C(=O)OCSO. The Morgan fingerprint density at radius 3 is 2.43 bits per heavy atom. The van der Waals surface area contributed by atoms with Crippen molar-refractivity contribution in [3.8, 4) is 0 Å². The van der Waals surface area contributed by atoms with Gasteiger partial charge in [0.2, 0.25) is 5.91 Å². The third-order valence-corrected chi connectivity index (χ3v) is 3.03. The van der Waals surface area contributed by atoms with E-state index in [-0.39, 0.29) is 11.8 Å². The highest BCUT2D eigenvalue weighted by atomic mass is 32.2. The van der Waals surface area contributed by atoms with Gasteiger partial charge in [-0.05, 0) is 5.56 Å². The van der Waals surface area contributed by atoms with Crippen LogP contribution < -0.4 is 5.32 Å². The number of benzene rings is 1. The summed E-state index contributed by atoms with van der Waals surface area (Å²) < 4.78 is 13.5. The Bertz CT molecular complexity index is 470. The number of esters is 1. The van der Waals surface area contributed by atoms with Crippen molar-refractivity contribution in [2.45, 2.75) is 33.2 Å². The second kappa shape index (κ2) is 8.05. The van der Waals surface area contributed by atoms with Crippen LogP contribution in [0.1, 0.15) is 26.3 Å². The van der Waals surface area contributed by atoms with Gasteiger partial charge in [-0.15, -0.1) is 0 Å². The molecule has 0 aromatic heterocycles. The van der Waals surface area contributed by atoms with E-state index in [1.807, 2.05) is 30.3 Å². The van der Waals surface area contributed by atoms with Gasteiger partial charge in [-0.2, -0.15) is 0 Å². The summed E-state index contributed by atoms with van der Waals surface area (Å²) in [6, 6.07) is 8.60. The second-order valence-electron chi connectivity index (χ2n) is 5.68. The number of nitrogens with one attached hydrogen (secondary N) is 1. The van der Waals surface area contributed by atoms with Gasteiger partial charge in [-0.25, -0.2) is 4.79 Å². The van der Waals surface area contributed by atoms with Crippen molar-refractivity contribution in [3.05, 3.63) is 35.9 Å². The molecule has 0 unspecified atom stereocenters. The summed E-state index contributed by atoms with van der Waals surface area (Å²) in [5, 5.41) is 2.71. The highest BCUT2D eigenvalue weighted by molar-refractivity contribution is 7.93. The van der Waals surface area contributed by atoms with Gasteiger partial charge in [0.1, 0.15) is 6.04 Å². The largest absolute Gasteiger partial charge is 0.451 e. The number of ether oxygens (including phenoxy) is 1. The normalized spacial score (nSPS) is 12.6. The molecule has 0 heterocycles. The quantitative estimate of drug-likeness (QED) is 0.479. The maximum atomic E-state index is 12.1. The van der Waals surface area contributed by atoms with Crippen molar-refractivity contribution in [2.75, 3.05) is 5.94 Å². The van der Waals surface area contributed by atoms with Gasteiger partial charge in [0.05, 0.1) is 0 Å². The Morgan fingerprint density at radius 1 is 1.29 bits per heavy atom. The van der Waals surface area contributed by atoms with Crippen molar-refractivity contribution < 1.29 is 18.9 Å². The summed E-state index contributed by atoms with van der Waals surface area (Å²) in [6.07, 6.45) is 0.345. The molecular formula is C15H21NO4S. The van der Waals surface area contributed by atoms with E-state index in [4.69, 9.17) is 9.29 Å². The monoisotopic (exact) mass is 311 g/mol. The molecule has 0 spiro atoms. The third kappa shape index (κ3) is 6.18. The lowest BCUT2D eigenvalue weighted by molar-refractivity contribution is -0.146. The molecule has 6 heteroatoms.